The van der Waals surface area contributed by atoms with E-state index in [1.165, 1.54) is 15.8 Å². The van der Waals surface area contributed by atoms with Gasteiger partial charge in [0.25, 0.3) is 11.5 Å². The number of fused-ring (bicyclic) bond motifs is 3. The molecule has 0 aromatic carbocycles. The summed E-state index contributed by atoms with van der Waals surface area (Å²) in [5, 5.41) is 12.8. The molecule has 1 N–H and O–H groups in total. The lowest BCUT2D eigenvalue weighted by Crippen LogP contribution is -2.50. The standard InChI is InChI=1S/C22H26N4O4S/c23-13-22(9-4-1-5-10-22)25-17(27)12-30-18(28)8-11-26-14-24-20-19(21(26)29)15-6-2-3-7-16(15)31-20/h14H,1-12H2,(H,25,27). The normalized spacial score (nSPS) is 17.5. The van der Waals surface area contributed by atoms with Crippen LogP contribution in [0, 0.1) is 11.3 Å². The minimum atomic E-state index is -0.851. The van der Waals surface area contributed by atoms with E-state index < -0.39 is 24.0 Å². The summed E-state index contributed by atoms with van der Waals surface area (Å²) in [6.07, 6.45) is 9.65. The number of rotatable bonds is 6. The number of thiophene rings is 1. The number of nitrogens with one attached hydrogen (secondary N) is 1. The lowest BCUT2D eigenvalue weighted by atomic mass is 9.83. The SMILES string of the molecule is N#CC1(NC(=O)COC(=O)CCn2cnc3sc4c(c3c2=O)CCCC4)CCCCC1. The molecular weight excluding hydrogens is 416 g/mol. The second kappa shape index (κ2) is 9.18. The van der Waals surface area contributed by atoms with E-state index in [0.717, 1.165) is 55.3 Å². The summed E-state index contributed by atoms with van der Waals surface area (Å²) in [5.41, 5.74) is 0.144. The van der Waals surface area contributed by atoms with Gasteiger partial charge in [0.1, 0.15) is 10.4 Å². The van der Waals surface area contributed by atoms with Crippen molar-refractivity contribution in [2.45, 2.75) is 76.3 Å². The van der Waals surface area contributed by atoms with E-state index in [4.69, 9.17) is 4.74 Å². The Hall–Kier alpha value is -2.73. The predicted molar refractivity (Wildman–Crippen MR) is 116 cm³/mol. The van der Waals surface area contributed by atoms with Crippen LogP contribution in [0.4, 0.5) is 0 Å². The summed E-state index contributed by atoms with van der Waals surface area (Å²) < 4.78 is 6.51. The molecule has 1 fully saturated rings. The van der Waals surface area contributed by atoms with E-state index in [-0.39, 0.29) is 18.5 Å². The van der Waals surface area contributed by atoms with Gasteiger partial charge < -0.3 is 10.1 Å². The summed E-state index contributed by atoms with van der Waals surface area (Å²) in [7, 11) is 0. The molecule has 8 nitrogen and oxygen atoms in total. The van der Waals surface area contributed by atoms with Crippen LogP contribution in [-0.4, -0.2) is 33.6 Å². The number of nitriles is 1. The van der Waals surface area contributed by atoms with Gasteiger partial charge in [0.2, 0.25) is 0 Å². The van der Waals surface area contributed by atoms with Gasteiger partial charge in [-0.3, -0.25) is 19.0 Å². The van der Waals surface area contributed by atoms with E-state index in [2.05, 4.69) is 16.4 Å². The number of ether oxygens (including phenoxy) is 1. The lowest BCUT2D eigenvalue weighted by molar-refractivity contribution is -0.149. The first-order valence-electron chi connectivity index (χ1n) is 10.9. The number of hydrogen-bond donors (Lipinski definition) is 1. The van der Waals surface area contributed by atoms with Crippen LogP contribution in [0.5, 0.6) is 0 Å². The summed E-state index contributed by atoms with van der Waals surface area (Å²) in [5.74, 6) is -1.04. The molecule has 4 rings (SSSR count). The molecule has 0 radical (unpaired) electrons. The minimum absolute atomic E-state index is 0.0317. The van der Waals surface area contributed by atoms with Crippen molar-refractivity contribution in [1.29, 1.82) is 5.26 Å². The van der Waals surface area contributed by atoms with E-state index in [0.29, 0.717) is 18.2 Å². The van der Waals surface area contributed by atoms with Crippen LogP contribution >= 0.6 is 11.3 Å². The topological polar surface area (TPSA) is 114 Å². The van der Waals surface area contributed by atoms with E-state index in [1.54, 1.807) is 11.3 Å². The molecule has 2 aromatic heterocycles. The molecule has 0 atom stereocenters. The zero-order chi connectivity index (χ0) is 21.8. The van der Waals surface area contributed by atoms with Crippen molar-refractivity contribution in [3.8, 4) is 6.07 Å². The van der Waals surface area contributed by atoms with Crippen LogP contribution in [0.15, 0.2) is 11.1 Å². The molecule has 1 amide bonds. The number of nitrogens with zero attached hydrogens (tertiary/aromatic N) is 3. The Bertz CT molecular complexity index is 1090. The van der Waals surface area contributed by atoms with Gasteiger partial charge in [-0.1, -0.05) is 19.3 Å². The lowest BCUT2D eigenvalue weighted by Gasteiger charge is -2.31. The number of hydrogen-bond acceptors (Lipinski definition) is 7. The van der Waals surface area contributed by atoms with Crippen LogP contribution in [0.2, 0.25) is 0 Å². The van der Waals surface area contributed by atoms with Crippen molar-refractivity contribution in [2.24, 2.45) is 0 Å². The molecule has 1 saturated carbocycles. The highest BCUT2D eigenvalue weighted by Gasteiger charge is 2.33. The maximum absolute atomic E-state index is 12.9. The summed E-state index contributed by atoms with van der Waals surface area (Å²) >= 11 is 1.59. The number of aryl methyl sites for hydroxylation is 3. The highest BCUT2D eigenvalue weighted by Crippen LogP contribution is 2.33. The number of aromatic nitrogens is 2. The van der Waals surface area contributed by atoms with Gasteiger partial charge in [0.15, 0.2) is 6.61 Å². The zero-order valence-electron chi connectivity index (χ0n) is 17.4. The summed E-state index contributed by atoms with van der Waals surface area (Å²) in [6, 6.07) is 2.21. The fourth-order valence-electron chi connectivity index (χ4n) is 4.49. The van der Waals surface area contributed by atoms with Crippen LogP contribution in [0.3, 0.4) is 0 Å². The third-order valence-electron chi connectivity index (χ3n) is 6.16. The van der Waals surface area contributed by atoms with E-state index in [1.807, 2.05) is 0 Å². The number of carbonyl (C=O) groups is 2. The first-order chi connectivity index (χ1) is 15.0. The van der Waals surface area contributed by atoms with Crippen molar-refractivity contribution >= 4 is 33.4 Å². The molecule has 0 spiro atoms. The Balaban J connectivity index is 1.32. The second-order valence-electron chi connectivity index (χ2n) is 8.35. The number of amides is 1. The van der Waals surface area contributed by atoms with Gasteiger partial charge in [0, 0.05) is 11.4 Å². The van der Waals surface area contributed by atoms with Gasteiger partial charge in [-0.25, -0.2) is 4.98 Å². The van der Waals surface area contributed by atoms with Crippen molar-refractivity contribution in [1.82, 2.24) is 14.9 Å². The molecule has 2 aromatic rings. The Kier molecular flexibility index (Phi) is 6.37. The largest absolute Gasteiger partial charge is 0.456 e. The molecule has 9 heteroatoms. The van der Waals surface area contributed by atoms with Crippen LogP contribution in [0.25, 0.3) is 10.2 Å². The van der Waals surface area contributed by atoms with Gasteiger partial charge in [-0.05, 0) is 44.1 Å². The van der Waals surface area contributed by atoms with E-state index >= 15 is 0 Å². The highest BCUT2D eigenvalue weighted by molar-refractivity contribution is 7.18. The van der Waals surface area contributed by atoms with Crippen molar-refractivity contribution in [2.75, 3.05) is 6.61 Å². The average molecular weight is 443 g/mol. The molecule has 164 valence electrons. The van der Waals surface area contributed by atoms with Crippen molar-refractivity contribution in [3.05, 3.63) is 27.1 Å². The molecule has 0 aliphatic heterocycles. The quantitative estimate of drug-likeness (QED) is 0.688. The fraction of sp³-hybridized carbons (Fsp3) is 0.591. The molecule has 31 heavy (non-hydrogen) atoms. The Morgan fingerprint density at radius 3 is 2.77 bits per heavy atom. The Morgan fingerprint density at radius 2 is 2.00 bits per heavy atom. The van der Waals surface area contributed by atoms with E-state index in [9.17, 15) is 19.6 Å². The maximum Gasteiger partial charge on any atom is 0.308 e. The van der Waals surface area contributed by atoms with Crippen molar-refractivity contribution in [3.63, 3.8) is 0 Å². The number of carbonyl (C=O) groups excluding carboxylic acids is 2. The van der Waals surface area contributed by atoms with Gasteiger partial charge in [0.05, 0.1) is 24.2 Å². The molecule has 0 unspecified atom stereocenters. The van der Waals surface area contributed by atoms with Gasteiger partial charge in [-0.15, -0.1) is 11.3 Å². The maximum atomic E-state index is 12.9. The highest BCUT2D eigenvalue weighted by atomic mass is 32.1. The van der Waals surface area contributed by atoms with Crippen LogP contribution < -0.4 is 10.9 Å². The first-order valence-corrected chi connectivity index (χ1v) is 11.7. The van der Waals surface area contributed by atoms with Gasteiger partial charge in [-0.2, -0.15) is 5.26 Å². The molecular formula is C22H26N4O4S. The predicted octanol–water partition coefficient (Wildman–Crippen LogP) is 2.61. The average Bonchev–Trinajstić information content (AvgIpc) is 3.17. The summed E-state index contributed by atoms with van der Waals surface area (Å²) in [6.45, 7) is -0.276. The second-order valence-corrected chi connectivity index (χ2v) is 9.43. The molecule has 2 aliphatic carbocycles. The third-order valence-corrected chi connectivity index (χ3v) is 7.36. The number of esters is 1. The molecule has 0 bridgehead atoms. The molecule has 2 aliphatic rings. The minimum Gasteiger partial charge on any atom is -0.456 e. The van der Waals surface area contributed by atoms with Crippen LogP contribution in [0.1, 0.15) is 61.8 Å². The molecule has 0 saturated heterocycles. The zero-order valence-corrected chi connectivity index (χ0v) is 18.3. The van der Waals surface area contributed by atoms with Gasteiger partial charge >= 0.3 is 5.97 Å². The molecule has 2 heterocycles. The third kappa shape index (κ3) is 4.64. The Labute approximate surface area is 184 Å². The Morgan fingerprint density at radius 1 is 1.23 bits per heavy atom. The fourth-order valence-corrected chi connectivity index (χ4v) is 5.71. The van der Waals surface area contributed by atoms with Crippen LogP contribution in [-0.2, 0) is 33.7 Å². The summed E-state index contributed by atoms with van der Waals surface area (Å²) in [4.78, 5) is 43.6. The monoisotopic (exact) mass is 442 g/mol. The van der Waals surface area contributed by atoms with Crippen molar-refractivity contribution < 1.29 is 14.3 Å². The first kappa shape index (κ1) is 21.5. The smallest absolute Gasteiger partial charge is 0.308 e.